The van der Waals surface area contributed by atoms with Gasteiger partial charge in [-0.25, -0.2) is 5.43 Å². The zero-order valence-electron chi connectivity index (χ0n) is 11.0. The molecular formula is C15H14BrF3N2. The van der Waals surface area contributed by atoms with Crippen molar-refractivity contribution in [2.24, 2.45) is 0 Å². The number of benzene rings is 2. The first-order valence-corrected chi connectivity index (χ1v) is 7.42. The Morgan fingerprint density at radius 3 is 2.33 bits per heavy atom. The second-order valence-corrected chi connectivity index (χ2v) is 5.03. The largest absolute Gasteiger partial charge is 0.416 e. The standard InChI is InChI=1S/C15H14BrF3N2/c16-9-12-7-6-11(8-14(12)15(17,18)19)10-20-21-13-4-2-1-3-5-13/h1-8,20-21H,9-10H2. The lowest BCUT2D eigenvalue weighted by atomic mass is 10.0. The molecular weight excluding hydrogens is 345 g/mol. The van der Waals surface area contributed by atoms with Crippen molar-refractivity contribution < 1.29 is 13.2 Å². The summed E-state index contributed by atoms with van der Waals surface area (Å²) in [5.41, 5.74) is 6.90. The van der Waals surface area contributed by atoms with Crippen LogP contribution in [-0.2, 0) is 18.1 Å². The normalized spacial score (nSPS) is 11.4. The monoisotopic (exact) mass is 358 g/mol. The smallest absolute Gasteiger partial charge is 0.321 e. The van der Waals surface area contributed by atoms with Crippen molar-refractivity contribution in [2.75, 3.05) is 5.43 Å². The Morgan fingerprint density at radius 1 is 1.00 bits per heavy atom. The predicted octanol–water partition coefficient (Wildman–Crippen LogP) is 4.72. The van der Waals surface area contributed by atoms with Gasteiger partial charge in [0.25, 0.3) is 0 Å². The molecule has 2 aromatic carbocycles. The van der Waals surface area contributed by atoms with Gasteiger partial charge in [-0.1, -0.05) is 46.3 Å². The van der Waals surface area contributed by atoms with E-state index < -0.39 is 11.7 Å². The fourth-order valence-electron chi connectivity index (χ4n) is 1.88. The summed E-state index contributed by atoms with van der Waals surface area (Å²) < 4.78 is 38.8. The topological polar surface area (TPSA) is 24.1 Å². The molecule has 0 saturated carbocycles. The number of hydrazine groups is 1. The van der Waals surface area contributed by atoms with Gasteiger partial charge in [0.05, 0.1) is 5.56 Å². The quantitative estimate of drug-likeness (QED) is 0.597. The lowest BCUT2D eigenvalue weighted by Gasteiger charge is -2.14. The highest BCUT2D eigenvalue weighted by Gasteiger charge is 2.33. The first-order valence-electron chi connectivity index (χ1n) is 6.29. The molecule has 2 nitrogen and oxygen atoms in total. The Labute approximate surface area is 129 Å². The van der Waals surface area contributed by atoms with Crippen LogP contribution in [0.4, 0.5) is 18.9 Å². The van der Waals surface area contributed by atoms with Gasteiger partial charge in [-0.2, -0.15) is 13.2 Å². The van der Waals surface area contributed by atoms with Crippen molar-refractivity contribution in [3.63, 3.8) is 0 Å². The highest BCUT2D eigenvalue weighted by Crippen LogP contribution is 2.33. The maximum atomic E-state index is 12.9. The van der Waals surface area contributed by atoms with Crippen LogP contribution in [0.15, 0.2) is 48.5 Å². The van der Waals surface area contributed by atoms with Crippen molar-refractivity contribution in [2.45, 2.75) is 18.1 Å². The Hall–Kier alpha value is -1.53. The Bertz CT molecular complexity index is 585. The van der Waals surface area contributed by atoms with Gasteiger partial charge in [0, 0.05) is 17.6 Å². The van der Waals surface area contributed by atoms with Gasteiger partial charge in [-0.3, -0.25) is 0 Å². The van der Waals surface area contributed by atoms with Crippen molar-refractivity contribution >= 4 is 21.6 Å². The molecule has 0 atom stereocenters. The minimum atomic E-state index is -4.34. The molecule has 0 heterocycles. The number of nitrogens with one attached hydrogen (secondary N) is 2. The summed E-state index contributed by atoms with van der Waals surface area (Å²) in [6, 6.07) is 13.7. The van der Waals surface area contributed by atoms with Gasteiger partial charge >= 0.3 is 6.18 Å². The fourth-order valence-corrected chi connectivity index (χ4v) is 2.37. The van der Waals surface area contributed by atoms with E-state index in [0.717, 1.165) is 5.69 Å². The molecule has 0 bridgehead atoms. The summed E-state index contributed by atoms with van der Waals surface area (Å²) in [6.45, 7) is 0.292. The third-order valence-corrected chi connectivity index (χ3v) is 3.53. The fraction of sp³-hybridized carbons (Fsp3) is 0.200. The first kappa shape index (κ1) is 15.9. The van der Waals surface area contributed by atoms with Crippen LogP contribution in [-0.4, -0.2) is 0 Å². The van der Waals surface area contributed by atoms with Crippen LogP contribution < -0.4 is 10.9 Å². The highest BCUT2D eigenvalue weighted by molar-refractivity contribution is 9.08. The summed E-state index contributed by atoms with van der Waals surface area (Å²) in [7, 11) is 0. The zero-order valence-corrected chi connectivity index (χ0v) is 12.6. The number of rotatable bonds is 5. The molecule has 21 heavy (non-hydrogen) atoms. The summed E-state index contributed by atoms with van der Waals surface area (Å²) in [5, 5.41) is 0.178. The number of hydrogen-bond acceptors (Lipinski definition) is 2. The lowest BCUT2D eigenvalue weighted by molar-refractivity contribution is -0.138. The van der Waals surface area contributed by atoms with Crippen LogP contribution >= 0.6 is 15.9 Å². The van der Waals surface area contributed by atoms with Crippen molar-refractivity contribution in [3.8, 4) is 0 Å². The molecule has 2 aromatic rings. The van der Waals surface area contributed by atoms with Gasteiger partial charge in [0.15, 0.2) is 0 Å². The molecule has 0 aromatic heterocycles. The minimum Gasteiger partial charge on any atom is -0.321 e. The van der Waals surface area contributed by atoms with Crippen LogP contribution in [0.3, 0.4) is 0 Å². The maximum Gasteiger partial charge on any atom is 0.416 e. The second-order valence-electron chi connectivity index (χ2n) is 4.47. The van der Waals surface area contributed by atoms with Crippen LogP contribution in [0, 0.1) is 0 Å². The van der Waals surface area contributed by atoms with E-state index >= 15 is 0 Å². The third kappa shape index (κ3) is 4.47. The molecule has 0 aliphatic heterocycles. The molecule has 112 valence electrons. The van der Waals surface area contributed by atoms with E-state index in [9.17, 15) is 13.2 Å². The molecule has 0 aliphatic carbocycles. The second kappa shape index (κ2) is 6.95. The van der Waals surface area contributed by atoms with E-state index in [2.05, 4.69) is 26.8 Å². The molecule has 0 saturated heterocycles. The van der Waals surface area contributed by atoms with Gasteiger partial charge in [0.1, 0.15) is 0 Å². The summed E-state index contributed by atoms with van der Waals surface area (Å²) in [5.74, 6) is 0. The molecule has 0 radical (unpaired) electrons. The predicted molar refractivity (Wildman–Crippen MR) is 81.0 cm³/mol. The SMILES string of the molecule is FC(F)(F)c1cc(CNNc2ccccc2)ccc1CBr. The van der Waals surface area contributed by atoms with Crippen LogP contribution in [0.2, 0.25) is 0 Å². The number of alkyl halides is 4. The molecule has 0 aliphatic rings. The molecule has 0 fully saturated rings. The van der Waals surface area contributed by atoms with Crippen LogP contribution in [0.1, 0.15) is 16.7 Å². The van der Waals surface area contributed by atoms with Gasteiger partial charge < -0.3 is 5.43 Å². The van der Waals surface area contributed by atoms with E-state index in [1.165, 1.54) is 12.1 Å². The van der Waals surface area contributed by atoms with Crippen LogP contribution in [0.5, 0.6) is 0 Å². The average Bonchev–Trinajstić information content (AvgIpc) is 2.47. The Balaban J connectivity index is 2.04. The minimum absolute atomic E-state index is 0.178. The average molecular weight is 359 g/mol. The number of anilines is 1. The van der Waals surface area contributed by atoms with Crippen molar-refractivity contribution in [1.82, 2.24) is 5.43 Å². The van der Waals surface area contributed by atoms with Crippen LogP contribution in [0.25, 0.3) is 0 Å². The Morgan fingerprint density at radius 2 is 1.71 bits per heavy atom. The molecule has 2 N–H and O–H groups in total. The number of hydrogen-bond donors (Lipinski definition) is 2. The molecule has 2 rings (SSSR count). The number of para-hydroxylation sites is 1. The molecule has 0 amide bonds. The Kier molecular flexibility index (Phi) is 5.25. The molecule has 6 heteroatoms. The van der Waals surface area contributed by atoms with E-state index in [1.807, 2.05) is 30.3 Å². The van der Waals surface area contributed by atoms with Gasteiger partial charge in [-0.15, -0.1) is 0 Å². The van der Waals surface area contributed by atoms with E-state index in [0.29, 0.717) is 12.1 Å². The summed E-state index contributed by atoms with van der Waals surface area (Å²) >= 11 is 3.08. The van der Waals surface area contributed by atoms with E-state index in [-0.39, 0.29) is 10.9 Å². The molecule has 0 unspecified atom stereocenters. The lowest BCUT2D eigenvalue weighted by Crippen LogP contribution is -2.21. The van der Waals surface area contributed by atoms with Gasteiger partial charge in [0.2, 0.25) is 0 Å². The van der Waals surface area contributed by atoms with Crippen molar-refractivity contribution in [3.05, 3.63) is 65.2 Å². The number of halogens is 4. The summed E-state index contributed by atoms with van der Waals surface area (Å²) in [6.07, 6.45) is -4.34. The maximum absolute atomic E-state index is 12.9. The first-order chi connectivity index (χ1) is 10.0. The third-order valence-electron chi connectivity index (χ3n) is 2.92. The summed E-state index contributed by atoms with van der Waals surface area (Å²) in [4.78, 5) is 0. The highest BCUT2D eigenvalue weighted by atomic mass is 79.9. The van der Waals surface area contributed by atoms with E-state index in [1.54, 1.807) is 6.07 Å². The van der Waals surface area contributed by atoms with Gasteiger partial charge in [-0.05, 0) is 29.3 Å². The molecule has 0 spiro atoms. The van der Waals surface area contributed by atoms with E-state index in [4.69, 9.17) is 0 Å². The van der Waals surface area contributed by atoms with Crippen molar-refractivity contribution in [1.29, 1.82) is 0 Å². The zero-order chi connectivity index (χ0) is 15.3.